The highest BCUT2D eigenvalue weighted by molar-refractivity contribution is 6.74. The Kier molecular flexibility index (Phi) is 6.51. The van der Waals surface area contributed by atoms with E-state index in [9.17, 15) is 4.79 Å². The van der Waals surface area contributed by atoms with Gasteiger partial charge in [0.25, 0.3) is 0 Å². The number of nitriles is 1. The highest BCUT2D eigenvalue weighted by Crippen LogP contribution is 2.39. The molecule has 0 spiro atoms. The summed E-state index contributed by atoms with van der Waals surface area (Å²) in [6.07, 6.45) is 3.28. The van der Waals surface area contributed by atoms with Crippen LogP contribution >= 0.6 is 11.6 Å². The maximum absolute atomic E-state index is 11.7. The standard InChI is InChI=1S/C20H28ClN3O2Si/c1-14-16(8-7-15(11-22)19(14)21)12-23-24-10-9-18(17(24)13-25)26-27(5,6)20(2,3)4/h7-8,12-13,17-18H,9-10H2,1-6H3/b23-12+/t17?,18-/m0/s1. The number of carbonyl (C=O) groups excluding carboxylic acids is 1. The Balaban J connectivity index is 2.17. The Morgan fingerprint density at radius 1 is 1.41 bits per heavy atom. The first-order valence-corrected chi connectivity index (χ1v) is 12.4. The number of benzene rings is 1. The molecule has 0 radical (unpaired) electrons. The molecule has 0 amide bonds. The summed E-state index contributed by atoms with van der Waals surface area (Å²) in [6, 6.07) is 5.19. The van der Waals surface area contributed by atoms with Crippen LogP contribution in [0.3, 0.4) is 0 Å². The second-order valence-corrected chi connectivity index (χ2v) is 13.6. The molecule has 1 aromatic carbocycles. The maximum Gasteiger partial charge on any atom is 0.192 e. The van der Waals surface area contributed by atoms with Crippen molar-refractivity contribution in [3.05, 3.63) is 33.8 Å². The molecule has 146 valence electrons. The summed E-state index contributed by atoms with van der Waals surface area (Å²) in [4.78, 5) is 11.7. The van der Waals surface area contributed by atoms with E-state index in [2.05, 4.69) is 45.0 Å². The Hall–Kier alpha value is -1.68. The molecule has 2 atom stereocenters. The molecule has 2 rings (SSSR count). The van der Waals surface area contributed by atoms with Gasteiger partial charge in [0.1, 0.15) is 18.4 Å². The van der Waals surface area contributed by atoms with Gasteiger partial charge in [0, 0.05) is 6.54 Å². The molecule has 7 heteroatoms. The van der Waals surface area contributed by atoms with Crippen molar-refractivity contribution in [1.82, 2.24) is 5.01 Å². The van der Waals surface area contributed by atoms with Crippen LogP contribution in [0.1, 0.15) is 43.9 Å². The number of hydrazone groups is 1. The molecule has 1 fully saturated rings. The van der Waals surface area contributed by atoms with E-state index in [0.717, 1.165) is 23.8 Å². The highest BCUT2D eigenvalue weighted by Gasteiger charge is 2.43. The van der Waals surface area contributed by atoms with Gasteiger partial charge in [-0.25, -0.2) is 0 Å². The lowest BCUT2D eigenvalue weighted by Crippen LogP contribution is -2.47. The zero-order valence-electron chi connectivity index (χ0n) is 16.9. The summed E-state index contributed by atoms with van der Waals surface area (Å²) in [6.45, 7) is 13.5. The van der Waals surface area contributed by atoms with E-state index in [1.807, 2.05) is 13.0 Å². The maximum atomic E-state index is 11.7. The lowest BCUT2D eigenvalue weighted by atomic mass is 10.1. The first-order valence-electron chi connectivity index (χ1n) is 9.15. The lowest BCUT2D eigenvalue weighted by Gasteiger charge is -2.39. The smallest absolute Gasteiger partial charge is 0.192 e. The number of aldehydes is 1. The van der Waals surface area contributed by atoms with Crippen LogP contribution in [0.2, 0.25) is 23.2 Å². The number of rotatable bonds is 5. The Labute approximate surface area is 168 Å². The highest BCUT2D eigenvalue weighted by atomic mass is 35.5. The molecule has 0 aliphatic carbocycles. The van der Waals surface area contributed by atoms with Crippen LogP contribution in [0, 0.1) is 18.3 Å². The zero-order chi connectivity index (χ0) is 20.4. The molecule has 5 nitrogen and oxygen atoms in total. The third-order valence-corrected chi connectivity index (χ3v) is 10.6. The van der Waals surface area contributed by atoms with Crippen molar-refractivity contribution in [2.75, 3.05) is 6.54 Å². The van der Waals surface area contributed by atoms with Gasteiger partial charge in [-0.2, -0.15) is 10.4 Å². The fourth-order valence-electron chi connectivity index (χ4n) is 2.81. The molecule has 1 saturated heterocycles. The van der Waals surface area contributed by atoms with Gasteiger partial charge in [0.15, 0.2) is 8.32 Å². The molecule has 1 heterocycles. The molecule has 27 heavy (non-hydrogen) atoms. The van der Waals surface area contributed by atoms with Gasteiger partial charge in [-0.05, 0) is 48.7 Å². The summed E-state index contributed by atoms with van der Waals surface area (Å²) in [7, 11) is -1.96. The van der Waals surface area contributed by atoms with Gasteiger partial charge in [0.05, 0.1) is 22.9 Å². The average molecular weight is 406 g/mol. The first-order chi connectivity index (χ1) is 12.5. The van der Waals surface area contributed by atoms with Crippen LogP contribution in [-0.2, 0) is 9.22 Å². The molecular formula is C20H28ClN3O2Si. The average Bonchev–Trinajstić information content (AvgIpc) is 2.96. The quantitative estimate of drug-likeness (QED) is 0.410. The third-order valence-electron chi connectivity index (χ3n) is 5.65. The van der Waals surface area contributed by atoms with Crippen molar-refractivity contribution in [1.29, 1.82) is 5.26 Å². The molecule has 1 aliphatic rings. The van der Waals surface area contributed by atoms with Crippen LogP contribution in [0.15, 0.2) is 17.2 Å². The second-order valence-electron chi connectivity index (χ2n) is 8.49. The molecular weight excluding hydrogens is 378 g/mol. The van der Waals surface area contributed by atoms with Gasteiger partial charge >= 0.3 is 0 Å². The molecule has 0 aromatic heterocycles. The Bertz CT molecular complexity index is 781. The zero-order valence-corrected chi connectivity index (χ0v) is 18.7. The molecule has 1 unspecified atom stereocenters. The minimum atomic E-state index is -1.96. The van der Waals surface area contributed by atoms with Gasteiger partial charge < -0.3 is 9.22 Å². The topological polar surface area (TPSA) is 65.7 Å². The van der Waals surface area contributed by atoms with Crippen molar-refractivity contribution in [3.8, 4) is 6.07 Å². The number of hydrogen-bond acceptors (Lipinski definition) is 5. The van der Waals surface area contributed by atoms with Crippen LogP contribution in [-0.4, -0.2) is 44.5 Å². The summed E-state index contributed by atoms with van der Waals surface area (Å²) in [5.41, 5.74) is 2.08. The van der Waals surface area contributed by atoms with Crippen molar-refractivity contribution in [2.45, 2.75) is 64.4 Å². The number of hydrogen-bond donors (Lipinski definition) is 0. The van der Waals surface area contributed by atoms with Crippen LogP contribution < -0.4 is 0 Å². The Morgan fingerprint density at radius 2 is 2.07 bits per heavy atom. The molecule has 0 bridgehead atoms. The number of nitrogens with zero attached hydrogens (tertiary/aromatic N) is 3. The fraction of sp³-hybridized carbons (Fsp3) is 0.550. The first kappa shape index (κ1) is 21.6. The van der Waals surface area contributed by atoms with Crippen molar-refractivity contribution in [2.24, 2.45) is 5.10 Å². The van der Waals surface area contributed by atoms with Gasteiger partial charge in [-0.3, -0.25) is 5.01 Å². The van der Waals surface area contributed by atoms with Gasteiger partial charge in [0.2, 0.25) is 0 Å². The van der Waals surface area contributed by atoms with Crippen molar-refractivity contribution >= 4 is 32.4 Å². The van der Waals surface area contributed by atoms with E-state index >= 15 is 0 Å². The van der Waals surface area contributed by atoms with E-state index in [0.29, 0.717) is 17.1 Å². The number of halogens is 1. The van der Waals surface area contributed by atoms with E-state index < -0.39 is 8.32 Å². The summed E-state index contributed by atoms with van der Waals surface area (Å²) in [5.74, 6) is 0. The third kappa shape index (κ3) is 4.60. The SMILES string of the molecule is Cc1c(/C=N/N2CC[C@H](O[Si](C)(C)C(C)(C)C)C2C=O)ccc(C#N)c1Cl. The summed E-state index contributed by atoms with van der Waals surface area (Å²) >= 11 is 6.22. The van der Waals surface area contributed by atoms with E-state index in [-0.39, 0.29) is 17.2 Å². The predicted octanol–water partition coefficient (Wildman–Crippen LogP) is 4.52. The molecule has 0 N–H and O–H groups in total. The number of carbonyl (C=O) groups is 1. The lowest BCUT2D eigenvalue weighted by molar-refractivity contribution is -0.113. The van der Waals surface area contributed by atoms with E-state index in [4.69, 9.17) is 21.3 Å². The Morgan fingerprint density at radius 3 is 2.63 bits per heavy atom. The second kappa shape index (κ2) is 8.13. The molecule has 1 aliphatic heterocycles. The van der Waals surface area contributed by atoms with Crippen LogP contribution in [0.25, 0.3) is 0 Å². The molecule has 1 aromatic rings. The summed E-state index contributed by atoms with van der Waals surface area (Å²) in [5, 5.41) is 15.9. The van der Waals surface area contributed by atoms with Crippen LogP contribution in [0.4, 0.5) is 0 Å². The normalized spacial score (nSPS) is 20.9. The fourth-order valence-corrected chi connectivity index (χ4v) is 4.39. The van der Waals surface area contributed by atoms with E-state index in [1.165, 1.54) is 0 Å². The van der Waals surface area contributed by atoms with Crippen molar-refractivity contribution in [3.63, 3.8) is 0 Å². The minimum absolute atomic E-state index is 0.0907. The van der Waals surface area contributed by atoms with Gasteiger partial charge in [-0.1, -0.05) is 38.4 Å². The summed E-state index contributed by atoms with van der Waals surface area (Å²) < 4.78 is 6.46. The minimum Gasteiger partial charge on any atom is -0.411 e. The van der Waals surface area contributed by atoms with Gasteiger partial charge in [-0.15, -0.1) is 0 Å². The largest absolute Gasteiger partial charge is 0.411 e. The molecule has 0 saturated carbocycles. The van der Waals surface area contributed by atoms with Crippen molar-refractivity contribution < 1.29 is 9.22 Å². The van der Waals surface area contributed by atoms with E-state index in [1.54, 1.807) is 17.3 Å². The monoisotopic (exact) mass is 405 g/mol. The predicted molar refractivity (Wildman–Crippen MR) is 112 cm³/mol. The van der Waals surface area contributed by atoms with Crippen LogP contribution in [0.5, 0.6) is 0 Å².